The minimum absolute atomic E-state index is 0.0326. The first-order valence-electron chi connectivity index (χ1n) is 8.11. The van der Waals surface area contributed by atoms with Crippen molar-refractivity contribution < 1.29 is 14.7 Å². The van der Waals surface area contributed by atoms with Gasteiger partial charge in [-0.3, -0.25) is 9.59 Å². The van der Waals surface area contributed by atoms with E-state index in [4.69, 9.17) is 0 Å². The van der Waals surface area contributed by atoms with Crippen LogP contribution in [0.1, 0.15) is 42.1 Å². The first-order chi connectivity index (χ1) is 12.1. The van der Waals surface area contributed by atoms with Crippen molar-refractivity contribution in [3.63, 3.8) is 0 Å². The molecule has 6 nitrogen and oxygen atoms in total. The van der Waals surface area contributed by atoms with Crippen LogP contribution in [-0.2, 0) is 4.79 Å². The molecule has 3 N–H and O–H groups in total. The summed E-state index contributed by atoms with van der Waals surface area (Å²) in [6.45, 7) is 2.03. The van der Waals surface area contributed by atoms with E-state index in [-0.39, 0.29) is 17.6 Å². The van der Waals surface area contributed by atoms with Gasteiger partial charge in [0.25, 0.3) is 5.91 Å². The van der Waals surface area contributed by atoms with E-state index < -0.39 is 0 Å². The minimum atomic E-state index is -0.361. The second kappa shape index (κ2) is 9.22. The number of amides is 2. The molecule has 0 unspecified atom stereocenters. The van der Waals surface area contributed by atoms with Crippen LogP contribution in [0.15, 0.2) is 53.6 Å². The molecule has 0 saturated heterocycles. The van der Waals surface area contributed by atoms with Crippen LogP contribution in [0.4, 0.5) is 5.69 Å². The predicted octanol–water partition coefficient (Wildman–Crippen LogP) is 3.28. The van der Waals surface area contributed by atoms with Crippen molar-refractivity contribution in [2.75, 3.05) is 5.32 Å². The fourth-order valence-electron chi connectivity index (χ4n) is 2.10. The molecule has 130 valence electrons. The maximum absolute atomic E-state index is 12.0. The van der Waals surface area contributed by atoms with Gasteiger partial charge in [-0.2, -0.15) is 5.10 Å². The number of nitrogens with one attached hydrogen (secondary N) is 2. The summed E-state index contributed by atoms with van der Waals surface area (Å²) in [5.74, 6) is -0.262. The molecule has 0 fully saturated rings. The topological polar surface area (TPSA) is 90.8 Å². The molecule has 0 aliphatic carbocycles. The van der Waals surface area contributed by atoms with Gasteiger partial charge in [0.15, 0.2) is 0 Å². The number of nitrogens with zero attached hydrogens (tertiary/aromatic N) is 1. The molecule has 0 aliphatic heterocycles. The SMILES string of the molecule is CCCCC(=O)Nc1ccc(C(=O)N/N=C/c2cccc(O)c2)cc1. The van der Waals surface area contributed by atoms with Gasteiger partial charge in [0.2, 0.25) is 5.91 Å². The molecule has 0 saturated carbocycles. The Morgan fingerprint density at radius 2 is 1.92 bits per heavy atom. The van der Waals surface area contributed by atoms with Gasteiger partial charge in [-0.15, -0.1) is 0 Å². The van der Waals surface area contributed by atoms with E-state index in [1.165, 1.54) is 12.3 Å². The molecule has 0 aromatic heterocycles. The van der Waals surface area contributed by atoms with E-state index in [1.54, 1.807) is 42.5 Å². The Morgan fingerprint density at radius 3 is 2.60 bits per heavy atom. The first kappa shape index (κ1) is 18.2. The molecule has 0 radical (unpaired) electrons. The summed E-state index contributed by atoms with van der Waals surface area (Å²) in [6.07, 6.45) is 3.75. The first-order valence-corrected chi connectivity index (χ1v) is 8.11. The summed E-state index contributed by atoms with van der Waals surface area (Å²) in [7, 11) is 0. The predicted molar refractivity (Wildman–Crippen MR) is 97.8 cm³/mol. The number of benzene rings is 2. The average molecular weight is 339 g/mol. The van der Waals surface area contributed by atoms with Crippen molar-refractivity contribution in [3.05, 3.63) is 59.7 Å². The molecular formula is C19H21N3O3. The molecule has 2 amide bonds. The average Bonchev–Trinajstić information content (AvgIpc) is 2.60. The van der Waals surface area contributed by atoms with E-state index in [2.05, 4.69) is 15.8 Å². The van der Waals surface area contributed by atoms with Gasteiger partial charge >= 0.3 is 0 Å². The summed E-state index contributed by atoms with van der Waals surface area (Å²) in [5, 5.41) is 16.0. The van der Waals surface area contributed by atoms with Gasteiger partial charge in [0, 0.05) is 17.7 Å². The number of carbonyl (C=O) groups is 2. The number of hydrogen-bond donors (Lipinski definition) is 3. The number of hydrogen-bond acceptors (Lipinski definition) is 4. The lowest BCUT2D eigenvalue weighted by Crippen LogP contribution is -2.17. The molecule has 0 atom stereocenters. The Morgan fingerprint density at radius 1 is 1.16 bits per heavy atom. The second-order valence-corrected chi connectivity index (χ2v) is 5.52. The number of anilines is 1. The van der Waals surface area contributed by atoms with Gasteiger partial charge in [0.1, 0.15) is 5.75 Å². The highest BCUT2D eigenvalue weighted by atomic mass is 16.3. The molecule has 2 aromatic rings. The van der Waals surface area contributed by atoms with Crippen molar-refractivity contribution in [1.82, 2.24) is 5.43 Å². The number of hydrazone groups is 1. The highest BCUT2D eigenvalue weighted by Crippen LogP contribution is 2.11. The molecule has 6 heteroatoms. The number of phenols is 1. The third-order valence-corrected chi connectivity index (χ3v) is 3.44. The maximum Gasteiger partial charge on any atom is 0.271 e. The number of carbonyl (C=O) groups excluding carboxylic acids is 2. The van der Waals surface area contributed by atoms with Crippen LogP contribution in [0.5, 0.6) is 5.75 Å². The quantitative estimate of drug-likeness (QED) is 0.534. The smallest absolute Gasteiger partial charge is 0.271 e. The third kappa shape index (κ3) is 6.10. The zero-order valence-electron chi connectivity index (χ0n) is 14.0. The Balaban J connectivity index is 1.88. The summed E-state index contributed by atoms with van der Waals surface area (Å²) < 4.78 is 0. The third-order valence-electron chi connectivity index (χ3n) is 3.44. The van der Waals surface area contributed by atoms with Crippen LogP contribution in [0.3, 0.4) is 0 Å². The van der Waals surface area contributed by atoms with Gasteiger partial charge in [-0.05, 0) is 48.4 Å². The number of rotatable bonds is 7. The lowest BCUT2D eigenvalue weighted by atomic mass is 10.2. The largest absolute Gasteiger partial charge is 0.508 e. The number of phenolic OH excluding ortho intramolecular Hbond substituents is 1. The Hall–Kier alpha value is -3.15. The lowest BCUT2D eigenvalue weighted by Gasteiger charge is -2.05. The van der Waals surface area contributed by atoms with Crippen LogP contribution in [0.25, 0.3) is 0 Å². The van der Waals surface area contributed by atoms with Crippen LogP contribution >= 0.6 is 0 Å². The molecular weight excluding hydrogens is 318 g/mol. The fourth-order valence-corrected chi connectivity index (χ4v) is 2.10. The number of aromatic hydroxyl groups is 1. The van der Waals surface area contributed by atoms with E-state index in [0.29, 0.717) is 23.2 Å². The van der Waals surface area contributed by atoms with Gasteiger partial charge in [-0.1, -0.05) is 25.5 Å². The molecule has 0 bridgehead atoms. The second-order valence-electron chi connectivity index (χ2n) is 5.52. The van der Waals surface area contributed by atoms with Crippen molar-refractivity contribution >= 4 is 23.7 Å². The van der Waals surface area contributed by atoms with E-state index >= 15 is 0 Å². The van der Waals surface area contributed by atoms with E-state index in [1.807, 2.05) is 6.92 Å². The van der Waals surface area contributed by atoms with Crippen LogP contribution in [0.2, 0.25) is 0 Å². The Kier molecular flexibility index (Phi) is 6.71. The summed E-state index contributed by atoms with van der Waals surface area (Å²) in [4.78, 5) is 23.7. The Labute approximate surface area is 146 Å². The maximum atomic E-state index is 12.0. The lowest BCUT2D eigenvalue weighted by molar-refractivity contribution is -0.116. The molecule has 2 aromatic carbocycles. The van der Waals surface area contributed by atoms with Gasteiger partial charge in [-0.25, -0.2) is 5.43 Å². The van der Waals surface area contributed by atoms with Gasteiger partial charge < -0.3 is 10.4 Å². The minimum Gasteiger partial charge on any atom is -0.508 e. The van der Waals surface area contributed by atoms with Crippen LogP contribution in [0, 0.1) is 0 Å². The summed E-state index contributed by atoms with van der Waals surface area (Å²) in [5.41, 5.74) is 4.17. The number of unbranched alkanes of at least 4 members (excludes halogenated alkanes) is 1. The zero-order valence-corrected chi connectivity index (χ0v) is 14.0. The zero-order chi connectivity index (χ0) is 18.1. The fraction of sp³-hybridized carbons (Fsp3) is 0.211. The molecule has 0 spiro atoms. The highest BCUT2D eigenvalue weighted by Gasteiger charge is 2.05. The highest BCUT2D eigenvalue weighted by molar-refractivity contribution is 5.96. The monoisotopic (exact) mass is 339 g/mol. The van der Waals surface area contributed by atoms with Crippen molar-refractivity contribution in [2.24, 2.45) is 5.10 Å². The molecule has 2 rings (SSSR count). The van der Waals surface area contributed by atoms with E-state index in [0.717, 1.165) is 12.8 Å². The normalized spacial score (nSPS) is 10.6. The van der Waals surface area contributed by atoms with Crippen LogP contribution < -0.4 is 10.7 Å². The van der Waals surface area contributed by atoms with E-state index in [9.17, 15) is 14.7 Å². The van der Waals surface area contributed by atoms with Crippen LogP contribution in [-0.4, -0.2) is 23.1 Å². The standard InChI is InChI=1S/C19H21N3O3/c1-2-3-7-18(24)21-16-10-8-15(9-11-16)19(25)22-20-13-14-5-4-6-17(23)12-14/h4-6,8-13,23H,2-3,7H2,1H3,(H,21,24)(H,22,25)/b20-13+. The molecule has 25 heavy (non-hydrogen) atoms. The van der Waals surface area contributed by atoms with Crippen molar-refractivity contribution in [1.29, 1.82) is 0 Å². The summed E-state index contributed by atoms with van der Waals surface area (Å²) in [6, 6.07) is 13.1. The van der Waals surface area contributed by atoms with Crippen molar-refractivity contribution in [3.8, 4) is 5.75 Å². The summed E-state index contributed by atoms with van der Waals surface area (Å²) >= 11 is 0. The molecule has 0 heterocycles. The molecule has 0 aliphatic rings. The Bertz CT molecular complexity index is 755. The van der Waals surface area contributed by atoms with Crippen molar-refractivity contribution in [2.45, 2.75) is 26.2 Å². The van der Waals surface area contributed by atoms with Gasteiger partial charge in [0.05, 0.1) is 6.21 Å².